The van der Waals surface area contributed by atoms with Crippen LogP contribution in [-0.2, 0) is 0 Å². The second-order valence-electron chi connectivity index (χ2n) is 4.68. The molecule has 96 valence electrons. The van der Waals surface area contributed by atoms with Crippen LogP contribution in [0.15, 0.2) is 54.6 Å². The van der Waals surface area contributed by atoms with Crippen molar-refractivity contribution >= 4 is 22.4 Å². The molecule has 0 aliphatic heterocycles. The fourth-order valence-corrected chi connectivity index (χ4v) is 2.16. The van der Waals surface area contributed by atoms with E-state index in [1.54, 1.807) is 0 Å². The number of nitrogens with one attached hydrogen (secondary N) is 1. The zero-order chi connectivity index (χ0) is 13.9. The maximum Gasteiger partial charge on any atom is 0.149 e. The molecule has 3 rings (SSSR count). The van der Waals surface area contributed by atoms with Gasteiger partial charge < -0.3 is 5.32 Å². The van der Waals surface area contributed by atoms with Crippen molar-refractivity contribution < 1.29 is 0 Å². The molecule has 1 N–H and O–H groups in total. The molecular weight excluding hydrogens is 246 g/mol. The Morgan fingerprint density at radius 1 is 1.05 bits per heavy atom. The molecule has 3 nitrogen and oxygen atoms in total. The van der Waals surface area contributed by atoms with E-state index in [4.69, 9.17) is 0 Å². The Kier molecular flexibility index (Phi) is 3.06. The quantitative estimate of drug-likeness (QED) is 0.751. The van der Waals surface area contributed by atoms with Gasteiger partial charge in [0.2, 0.25) is 0 Å². The highest BCUT2D eigenvalue weighted by Crippen LogP contribution is 2.23. The first kappa shape index (κ1) is 12.2. The summed E-state index contributed by atoms with van der Waals surface area (Å²) in [5.41, 5.74) is 3.52. The van der Waals surface area contributed by atoms with Gasteiger partial charge in [-0.1, -0.05) is 30.3 Å². The number of fused-ring (bicyclic) bond motifs is 1. The summed E-state index contributed by atoms with van der Waals surface area (Å²) in [6, 6.07) is 19.8. The normalized spacial score (nSPS) is 10.2. The van der Waals surface area contributed by atoms with Crippen molar-refractivity contribution in [2.24, 2.45) is 0 Å². The van der Waals surface area contributed by atoms with Gasteiger partial charge >= 0.3 is 0 Å². The molecule has 0 amide bonds. The monoisotopic (exact) mass is 259 g/mol. The summed E-state index contributed by atoms with van der Waals surface area (Å²) in [6.45, 7) is 2.03. The molecule has 0 radical (unpaired) electrons. The standard InChI is InChI=1S/C17H13N3/c1-12-5-4-7-15(9-12)19-17-14(11-18)10-13-6-2-3-8-16(13)20-17/h2-10H,1H3,(H,19,20). The summed E-state index contributed by atoms with van der Waals surface area (Å²) in [5.74, 6) is 0.594. The van der Waals surface area contributed by atoms with Crippen molar-refractivity contribution in [2.45, 2.75) is 6.92 Å². The summed E-state index contributed by atoms with van der Waals surface area (Å²) in [6.07, 6.45) is 0. The van der Waals surface area contributed by atoms with E-state index in [2.05, 4.69) is 16.4 Å². The van der Waals surface area contributed by atoms with E-state index >= 15 is 0 Å². The zero-order valence-corrected chi connectivity index (χ0v) is 11.1. The van der Waals surface area contributed by atoms with Gasteiger partial charge in [-0.15, -0.1) is 0 Å². The third kappa shape index (κ3) is 2.32. The average molecular weight is 259 g/mol. The molecule has 0 saturated carbocycles. The molecule has 0 unspecified atom stereocenters. The van der Waals surface area contributed by atoms with Crippen LogP contribution in [0.2, 0.25) is 0 Å². The number of rotatable bonds is 2. The van der Waals surface area contributed by atoms with E-state index < -0.39 is 0 Å². The molecule has 1 aromatic heterocycles. The number of pyridine rings is 1. The van der Waals surface area contributed by atoms with Gasteiger partial charge in [0.05, 0.1) is 11.1 Å². The molecule has 0 bridgehead atoms. The van der Waals surface area contributed by atoms with Gasteiger partial charge in [-0.25, -0.2) is 4.98 Å². The average Bonchev–Trinajstić information content (AvgIpc) is 2.46. The summed E-state index contributed by atoms with van der Waals surface area (Å²) < 4.78 is 0. The predicted molar refractivity (Wildman–Crippen MR) is 80.9 cm³/mol. The highest BCUT2D eigenvalue weighted by Gasteiger charge is 2.06. The lowest BCUT2D eigenvalue weighted by atomic mass is 10.1. The minimum atomic E-state index is 0.546. The summed E-state index contributed by atoms with van der Waals surface area (Å²) in [5, 5.41) is 13.5. The number of benzene rings is 2. The number of para-hydroxylation sites is 1. The highest BCUT2D eigenvalue weighted by molar-refractivity contribution is 5.83. The second-order valence-corrected chi connectivity index (χ2v) is 4.68. The van der Waals surface area contributed by atoms with Crippen molar-refractivity contribution in [1.82, 2.24) is 4.98 Å². The van der Waals surface area contributed by atoms with Gasteiger partial charge in [0, 0.05) is 11.1 Å². The van der Waals surface area contributed by atoms with Crippen molar-refractivity contribution in [2.75, 3.05) is 5.32 Å². The van der Waals surface area contributed by atoms with E-state index in [1.165, 1.54) is 0 Å². The first-order chi connectivity index (χ1) is 9.76. The third-order valence-electron chi connectivity index (χ3n) is 3.13. The zero-order valence-electron chi connectivity index (χ0n) is 11.1. The Morgan fingerprint density at radius 2 is 1.90 bits per heavy atom. The molecule has 2 aromatic carbocycles. The van der Waals surface area contributed by atoms with Crippen LogP contribution in [0.1, 0.15) is 11.1 Å². The van der Waals surface area contributed by atoms with Gasteiger partial charge in [0.25, 0.3) is 0 Å². The molecule has 0 fully saturated rings. The molecule has 3 aromatic rings. The molecular formula is C17H13N3. The number of nitrogens with zero attached hydrogens (tertiary/aromatic N) is 2. The largest absolute Gasteiger partial charge is 0.339 e. The third-order valence-corrected chi connectivity index (χ3v) is 3.13. The topological polar surface area (TPSA) is 48.7 Å². The van der Waals surface area contributed by atoms with Gasteiger partial charge in [0.15, 0.2) is 0 Å². The van der Waals surface area contributed by atoms with E-state index in [0.717, 1.165) is 22.2 Å². The number of anilines is 2. The lowest BCUT2D eigenvalue weighted by Gasteiger charge is -2.09. The van der Waals surface area contributed by atoms with E-state index in [0.29, 0.717) is 11.4 Å². The molecule has 0 atom stereocenters. The smallest absolute Gasteiger partial charge is 0.149 e. The molecule has 20 heavy (non-hydrogen) atoms. The fourth-order valence-electron chi connectivity index (χ4n) is 2.16. The highest BCUT2D eigenvalue weighted by atomic mass is 15.0. The summed E-state index contributed by atoms with van der Waals surface area (Å²) in [4.78, 5) is 4.54. The van der Waals surface area contributed by atoms with Gasteiger partial charge in [0.1, 0.15) is 11.9 Å². The molecule has 0 aliphatic rings. The predicted octanol–water partition coefficient (Wildman–Crippen LogP) is 4.16. The Labute approximate surface area is 117 Å². The molecule has 1 heterocycles. The van der Waals surface area contributed by atoms with Crippen molar-refractivity contribution in [1.29, 1.82) is 5.26 Å². The molecule has 0 aliphatic carbocycles. The lowest BCUT2D eigenvalue weighted by molar-refractivity contribution is 1.33. The second kappa shape index (κ2) is 5.02. The summed E-state index contributed by atoms with van der Waals surface area (Å²) >= 11 is 0. The fraction of sp³-hybridized carbons (Fsp3) is 0.0588. The van der Waals surface area contributed by atoms with Crippen molar-refractivity contribution in [3.63, 3.8) is 0 Å². The van der Waals surface area contributed by atoms with E-state index in [9.17, 15) is 5.26 Å². The Balaban J connectivity index is 2.08. The van der Waals surface area contributed by atoms with Crippen LogP contribution < -0.4 is 5.32 Å². The number of hydrogen-bond donors (Lipinski definition) is 1. The minimum absolute atomic E-state index is 0.546. The minimum Gasteiger partial charge on any atom is -0.339 e. The maximum absolute atomic E-state index is 9.28. The number of aryl methyl sites for hydroxylation is 1. The maximum atomic E-state index is 9.28. The molecule has 3 heteroatoms. The Hall–Kier alpha value is -2.86. The molecule has 0 saturated heterocycles. The van der Waals surface area contributed by atoms with Gasteiger partial charge in [-0.05, 0) is 36.8 Å². The van der Waals surface area contributed by atoms with Crippen LogP contribution in [-0.4, -0.2) is 4.98 Å². The van der Waals surface area contributed by atoms with Crippen LogP contribution in [0, 0.1) is 18.3 Å². The summed E-state index contributed by atoms with van der Waals surface area (Å²) in [7, 11) is 0. The van der Waals surface area contributed by atoms with E-state index in [-0.39, 0.29) is 0 Å². The Bertz CT molecular complexity index is 816. The van der Waals surface area contributed by atoms with Gasteiger partial charge in [-0.2, -0.15) is 5.26 Å². The van der Waals surface area contributed by atoms with Crippen LogP contribution in [0.3, 0.4) is 0 Å². The van der Waals surface area contributed by atoms with Crippen molar-refractivity contribution in [3.8, 4) is 6.07 Å². The molecule has 0 spiro atoms. The SMILES string of the molecule is Cc1cccc(Nc2nc3ccccc3cc2C#N)c1. The van der Waals surface area contributed by atoms with Crippen LogP contribution in [0.4, 0.5) is 11.5 Å². The number of hydrogen-bond acceptors (Lipinski definition) is 3. The first-order valence-corrected chi connectivity index (χ1v) is 6.40. The first-order valence-electron chi connectivity index (χ1n) is 6.40. The number of nitriles is 1. The lowest BCUT2D eigenvalue weighted by Crippen LogP contribution is -1.97. The van der Waals surface area contributed by atoms with Gasteiger partial charge in [-0.3, -0.25) is 0 Å². The van der Waals surface area contributed by atoms with E-state index in [1.807, 2.05) is 61.5 Å². The van der Waals surface area contributed by atoms with Crippen molar-refractivity contribution in [3.05, 3.63) is 65.7 Å². The van der Waals surface area contributed by atoms with Crippen LogP contribution >= 0.6 is 0 Å². The number of aromatic nitrogens is 1. The Morgan fingerprint density at radius 3 is 2.70 bits per heavy atom. The van der Waals surface area contributed by atoms with Crippen LogP contribution in [0.25, 0.3) is 10.9 Å². The van der Waals surface area contributed by atoms with Crippen LogP contribution in [0.5, 0.6) is 0 Å².